The zero-order valence-electron chi connectivity index (χ0n) is 6.73. The molecule has 0 radical (unpaired) electrons. The molecule has 0 spiro atoms. The van der Waals surface area contributed by atoms with Gasteiger partial charge < -0.3 is 4.74 Å². The Kier molecular flexibility index (Phi) is 3.32. The molecule has 0 heterocycles. The maximum Gasteiger partial charge on any atom is 0.181 e. The summed E-state index contributed by atoms with van der Waals surface area (Å²) in [6.45, 7) is 3.56. The second kappa shape index (κ2) is 4.54. The normalized spacial score (nSPS) is 12.1. The van der Waals surface area contributed by atoms with Crippen molar-refractivity contribution in [2.45, 2.75) is 6.23 Å². The second-order valence-electron chi connectivity index (χ2n) is 2.25. The van der Waals surface area contributed by atoms with Crippen LogP contribution in [0.4, 0.5) is 0 Å². The van der Waals surface area contributed by atoms with Crippen LogP contribution in [-0.2, 0) is 0 Å². The zero-order valence-corrected chi connectivity index (χ0v) is 6.73. The first kappa shape index (κ1) is 8.77. The average molecular weight is 164 g/mol. The van der Waals surface area contributed by atoms with E-state index < -0.39 is 0 Å². The Morgan fingerprint density at radius 1 is 1.42 bits per heavy atom. The molecule has 12 heavy (non-hydrogen) atoms. The Labute approximate surface area is 71.8 Å². The van der Waals surface area contributed by atoms with Gasteiger partial charge in [-0.25, -0.2) is 5.43 Å². The highest BCUT2D eigenvalue weighted by atomic mass is 16.5. The molecule has 0 aliphatic rings. The summed E-state index contributed by atoms with van der Waals surface area (Å²) >= 11 is 0. The number of rotatable bonds is 4. The van der Waals surface area contributed by atoms with Crippen LogP contribution in [0.3, 0.4) is 0 Å². The molecule has 3 heteroatoms. The van der Waals surface area contributed by atoms with Crippen LogP contribution in [0, 0.1) is 0 Å². The minimum Gasteiger partial charge on any atom is -0.471 e. The topological polar surface area (TPSA) is 47.3 Å². The van der Waals surface area contributed by atoms with Crippen molar-refractivity contribution < 1.29 is 4.74 Å². The van der Waals surface area contributed by atoms with Crippen molar-refractivity contribution in [1.82, 2.24) is 5.43 Å². The molecule has 1 unspecified atom stereocenters. The summed E-state index contributed by atoms with van der Waals surface area (Å²) in [6.07, 6.45) is 1.25. The first-order valence-electron chi connectivity index (χ1n) is 3.67. The minimum atomic E-state index is -0.340. The third-order valence-electron chi connectivity index (χ3n) is 1.38. The van der Waals surface area contributed by atoms with Gasteiger partial charge in [-0.15, -0.1) is 0 Å². The van der Waals surface area contributed by atoms with Crippen molar-refractivity contribution in [3.63, 3.8) is 0 Å². The fraction of sp³-hybridized carbons (Fsp3) is 0.111. The predicted molar refractivity (Wildman–Crippen MR) is 48.4 cm³/mol. The van der Waals surface area contributed by atoms with Crippen LogP contribution in [0.2, 0.25) is 0 Å². The molecule has 1 atom stereocenters. The third-order valence-corrected chi connectivity index (χ3v) is 1.38. The van der Waals surface area contributed by atoms with Crippen LogP contribution in [0.25, 0.3) is 0 Å². The standard InChI is InChI=1S/C9H12N2O/c1-2-9(11-10)12-8-6-4-3-5-7-8/h2-7,9,11H,1,10H2. The van der Waals surface area contributed by atoms with E-state index in [1.54, 1.807) is 6.08 Å². The van der Waals surface area contributed by atoms with E-state index >= 15 is 0 Å². The fourth-order valence-electron chi connectivity index (χ4n) is 0.796. The van der Waals surface area contributed by atoms with Gasteiger partial charge in [-0.05, 0) is 18.2 Å². The smallest absolute Gasteiger partial charge is 0.181 e. The Bertz CT molecular complexity index is 236. The van der Waals surface area contributed by atoms with Crippen LogP contribution < -0.4 is 16.0 Å². The van der Waals surface area contributed by atoms with E-state index in [9.17, 15) is 0 Å². The molecule has 0 saturated carbocycles. The van der Waals surface area contributed by atoms with Crippen molar-refractivity contribution in [3.05, 3.63) is 43.0 Å². The average Bonchev–Trinajstić information content (AvgIpc) is 2.16. The molecule has 0 fully saturated rings. The van der Waals surface area contributed by atoms with E-state index in [4.69, 9.17) is 10.6 Å². The molecule has 0 aliphatic carbocycles. The second-order valence-corrected chi connectivity index (χ2v) is 2.25. The lowest BCUT2D eigenvalue weighted by Crippen LogP contribution is -2.37. The molecule has 64 valence electrons. The van der Waals surface area contributed by atoms with Gasteiger partial charge in [0.1, 0.15) is 5.75 Å². The highest BCUT2D eigenvalue weighted by Crippen LogP contribution is 2.09. The summed E-state index contributed by atoms with van der Waals surface area (Å²) in [5.41, 5.74) is 2.46. The van der Waals surface area contributed by atoms with Crippen molar-refractivity contribution in [1.29, 1.82) is 0 Å². The third kappa shape index (κ3) is 2.38. The van der Waals surface area contributed by atoms with Gasteiger partial charge in [0, 0.05) is 0 Å². The molecule has 3 nitrogen and oxygen atoms in total. The first-order chi connectivity index (χ1) is 5.86. The van der Waals surface area contributed by atoms with Gasteiger partial charge in [-0.2, -0.15) is 0 Å². The number of benzene rings is 1. The molecule has 1 aromatic carbocycles. The predicted octanol–water partition coefficient (Wildman–Crippen LogP) is 1.04. The van der Waals surface area contributed by atoms with Crippen molar-refractivity contribution in [2.75, 3.05) is 0 Å². The lowest BCUT2D eigenvalue weighted by atomic mass is 10.3. The monoisotopic (exact) mass is 164 g/mol. The Hall–Kier alpha value is -1.32. The SMILES string of the molecule is C=CC(NN)Oc1ccccc1. The molecular weight excluding hydrogens is 152 g/mol. The number of nitrogens with one attached hydrogen (secondary N) is 1. The first-order valence-corrected chi connectivity index (χ1v) is 3.67. The lowest BCUT2D eigenvalue weighted by Gasteiger charge is -2.13. The summed E-state index contributed by atoms with van der Waals surface area (Å²) in [7, 11) is 0. The van der Waals surface area contributed by atoms with E-state index in [2.05, 4.69) is 12.0 Å². The van der Waals surface area contributed by atoms with Crippen molar-refractivity contribution in [3.8, 4) is 5.75 Å². The fourth-order valence-corrected chi connectivity index (χ4v) is 0.796. The van der Waals surface area contributed by atoms with Gasteiger partial charge in [0.2, 0.25) is 0 Å². The lowest BCUT2D eigenvalue weighted by molar-refractivity contribution is 0.212. The van der Waals surface area contributed by atoms with Crippen molar-refractivity contribution in [2.24, 2.45) is 5.84 Å². The van der Waals surface area contributed by atoms with Gasteiger partial charge in [-0.1, -0.05) is 24.8 Å². The molecule has 0 bridgehead atoms. The maximum atomic E-state index is 5.36. The van der Waals surface area contributed by atoms with Gasteiger partial charge in [0.25, 0.3) is 0 Å². The molecular formula is C9H12N2O. The summed E-state index contributed by atoms with van der Waals surface area (Å²) in [5, 5.41) is 0. The number of nitrogens with two attached hydrogens (primary N) is 1. The maximum absolute atomic E-state index is 5.36. The molecule has 0 aromatic heterocycles. The Morgan fingerprint density at radius 3 is 2.58 bits per heavy atom. The molecule has 0 aliphatic heterocycles. The summed E-state index contributed by atoms with van der Waals surface area (Å²) in [5.74, 6) is 5.95. The summed E-state index contributed by atoms with van der Waals surface area (Å²) in [6, 6.07) is 9.42. The molecule has 1 rings (SSSR count). The van der Waals surface area contributed by atoms with E-state index in [1.165, 1.54) is 0 Å². The van der Waals surface area contributed by atoms with Crippen LogP contribution in [0.1, 0.15) is 0 Å². The minimum absolute atomic E-state index is 0.340. The molecule has 0 saturated heterocycles. The van der Waals surface area contributed by atoms with Gasteiger partial charge in [0.05, 0.1) is 0 Å². The number of para-hydroxylation sites is 1. The van der Waals surface area contributed by atoms with E-state index in [0.717, 1.165) is 5.75 Å². The Balaban J connectivity index is 2.56. The van der Waals surface area contributed by atoms with Crippen LogP contribution in [0.5, 0.6) is 5.75 Å². The quantitative estimate of drug-likeness (QED) is 0.302. The van der Waals surface area contributed by atoms with Crippen LogP contribution >= 0.6 is 0 Å². The summed E-state index contributed by atoms with van der Waals surface area (Å²) < 4.78 is 5.36. The molecule has 1 aromatic rings. The van der Waals surface area contributed by atoms with E-state index in [-0.39, 0.29) is 6.23 Å². The van der Waals surface area contributed by atoms with Crippen LogP contribution in [-0.4, -0.2) is 6.23 Å². The number of ether oxygens (including phenoxy) is 1. The highest BCUT2D eigenvalue weighted by Gasteiger charge is 2.00. The highest BCUT2D eigenvalue weighted by molar-refractivity contribution is 5.21. The van der Waals surface area contributed by atoms with Gasteiger partial charge >= 0.3 is 0 Å². The molecule has 3 N–H and O–H groups in total. The van der Waals surface area contributed by atoms with Gasteiger partial charge in [-0.3, -0.25) is 5.84 Å². The number of hydrogen-bond acceptors (Lipinski definition) is 3. The van der Waals surface area contributed by atoms with E-state index in [0.29, 0.717) is 0 Å². The molecule has 0 amide bonds. The van der Waals surface area contributed by atoms with Gasteiger partial charge in [0.15, 0.2) is 6.23 Å². The summed E-state index contributed by atoms with van der Waals surface area (Å²) in [4.78, 5) is 0. The van der Waals surface area contributed by atoms with Crippen molar-refractivity contribution >= 4 is 0 Å². The zero-order chi connectivity index (χ0) is 8.81. The number of hydrogen-bond donors (Lipinski definition) is 2. The Morgan fingerprint density at radius 2 is 2.08 bits per heavy atom. The number of hydrazine groups is 1. The largest absolute Gasteiger partial charge is 0.471 e. The van der Waals surface area contributed by atoms with E-state index in [1.807, 2.05) is 30.3 Å². The van der Waals surface area contributed by atoms with Crippen LogP contribution in [0.15, 0.2) is 43.0 Å².